The molecule has 4 fully saturated rings. The summed E-state index contributed by atoms with van der Waals surface area (Å²) in [5, 5.41) is 22.9. The molecular formula is C17H20O10. The maximum atomic E-state index is 12.9. The fourth-order valence-electron chi connectivity index (χ4n) is 5.57. The molecule has 1 unspecified atom stereocenters. The van der Waals surface area contributed by atoms with E-state index in [1.54, 1.807) is 20.8 Å². The summed E-state index contributed by atoms with van der Waals surface area (Å²) < 4.78 is 20.8. The molecule has 27 heavy (non-hydrogen) atoms. The fourth-order valence-corrected chi connectivity index (χ4v) is 5.57. The van der Waals surface area contributed by atoms with Crippen molar-refractivity contribution in [3.63, 3.8) is 0 Å². The molecule has 0 radical (unpaired) electrons. The summed E-state index contributed by atoms with van der Waals surface area (Å²) in [5.74, 6) is -3.64. The summed E-state index contributed by atoms with van der Waals surface area (Å²) in [4.78, 5) is 49.2. The van der Waals surface area contributed by atoms with Crippen LogP contribution in [0, 0.1) is 16.2 Å². The van der Waals surface area contributed by atoms with E-state index in [0.717, 1.165) is 6.92 Å². The highest BCUT2D eigenvalue weighted by Crippen LogP contribution is 2.75. The zero-order valence-electron chi connectivity index (χ0n) is 15.2. The van der Waals surface area contributed by atoms with Crippen molar-refractivity contribution in [3.05, 3.63) is 0 Å². The van der Waals surface area contributed by atoms with Crippen molar-refractivity contribution in [3.8, 4) is 0 Å². The Morgan fingerprint density at radius 3 is 2.37 bits per heavy atom. The molecule has 1 aliphatic carbocycles. The standard InChI is InChI=1S/C17H20O10/c1-6(18)24-10-11(21)26-13-16(10)15(12(22)27-13)5-7(19)25-9(15)8(20)17(16,23)14(2,3)4/h8-10,13,20,23H,5H2,1-4H3/t8-,9-,10-,13?,15-,16+,17+/m0/s1. The smallest absolute Gasteiger partial charge is 0.351 e. The first-order valence-corrected chi connectivity index (χ1v) is 8.54. The molecule has 148 valence electrons. The zero-order valence-corrected chi connectivity index (χ0v) is 15.2. The molecule has 0 amide bonds. The molecule has 0 aromatic heterocycles. The molecule has 0 aromatic carbocycles. The second kappa shape index (κ2) is 4.79. The summed E-state index contributed by atoms with van der Waals surface area (Å²) in [7, 11) is 0. The van der Waals surface area contributed by atoms with Crippen LogP contribution in [0.2, 0.25) is 0 Å². The minimum atomic E-state index is -2.23. The largest absolute Gasteiger partial charge is 0.458 e. The molecule has 3 heterocycles. The van der Waals surface area contributed by atoms with Crippen LogP contribution in [0.25, 0.3) is 0 Å². The van der Waals surface area contributed by atoms with Gasteiger partial charge in [0.1, 0.15) is 28.6 Å². The van der Waals surface area contributed by atoms with Crippen molar-refractivity contribution in [2.45, 2.75) is 64.3 Å². The normalized spacial score (nSPS) is 47.7. The van der Waals surface area contributed by atoms with Crippen molar-refractivity contribution in [1.82, 2.24) is 0 Å². The van der Waals surface area contributed by atoms with Crippen molar-refractivity contribution in [2.24, 2.45) is 16.2 Å². The number of esters is 4. The first-order chi connectivity index (χ1) is 12.4. The Hall–Kier alpha value is -2.20. The SMILES string of the molecule is CC(=O)O[C@H]1C(=O)OC2OC(=O)[C@]34CC(=O)O[C@H]3[C@H](O)[C@@](O)(C(C)(C)C)[C@@]214. The Bertz CT molecular complexity index is 783. The molecule has 10 heteroatoms. The number of hydrogen-bond donors (Lipinski definition) is 2. The maximum Gasteiger partial charge on any atom is 0.351 e. The van der Waals surface area contributed by atoms with Crippen LogP contribution in [0.15, 0.2) is 0 Å². The van der Waals surface area contributed by atoms with Gasteiger partial charge in [0.15, 0.2) is 0 Å². The van der Waals surface area contributed by atoms with Crippen LogP contribution in [-0.4, -0.2) is 64.3 Å². The molecule has 0 aromatic rings. The molecule has 3 saturated heterocycles. The number of ether oxygens (including phenoxy) is 4. The van der Waals surface area contributed by atoms with E-state index in [1.165, 1.54) is 0 Å². The Labute approximate surface area is 153 Å². The summed E-state index contributed by atoms with van der Waals surface area (Å²) >= 11 is 0. The highest BCUT2D eigenvalue weighted by atomic mass is 16.7. The van der Waals surface area contributed by atoms with Gasteiger partial charge >= 0.3 is 23.9 Å². The minimum Gasteiger partial charge on any atom is -0.458 e. The van der Waals surface area contributed by atoms with Gasteiger partial charge in [-0.3, -0.25) is 14.4 Å². The van der Waals surface area contributed by atoms with Gasteiger partial charge < -0.3 is 29.2 Å². The zero-order chi connectivity index (χ0) is 20.2. The molecule has 2 spiro atoms. The van der Waals surface area contributed by atoms with E-state index in [-0.39, 0.29) is 0 Å². The second-order valence-electron chi connectivity index (χ2n) is 8.55. The Morgan fingerprint density at radius 1 is 1.19 bits per heavy atom. The summed E-state index contributed by atoms with van der Waals surface area (Å²) in [6.07, 6.45) is -7.16. The molecule has 7 atom stereocenters. The predicted octanol–water partition coefficient (Wildman–Crippen LogP) is -1.20. The molecule has 2 N–H and O–H groups in total. The third-order valence-corrected chi connectivity index (χ3v) is 6.48. The van der Waals surface area contributed by atoms with Crippen molar-refractivity contribution in [1.29, 1.82) is 0 Å². The Balaban J connectivity index is 2.08. The molecule has 10 nitrogen and oxygen atoms in total. The molecule has 0 bridgehead atoms. The lowest BCUT2D eigenvalue weighted by atomic mass is 9.52. The lowest BCUT2D eigenvalue weighted by Gasteiger charge is -2.51. The predicted molar refractivity (Wildman–Crippen MR) is 81.3 cm³/mol. The lowest BCUT2D eigenvalue weighted by molar-refractivity contribution is -0.254. The molecule has 3 aliphatic heterocycles. The van der Waals surface area contributed by atoms with Gasteiger partial charge in [-0.2, -0.15) is 0 Å². The molecule has 1 saturated carbocycles. The highest BCUT2D eigenvalue weighted by Gasteiger charge is 2.96. The van der Waals surface area contributed by atoms with E-state index in [0.29, 0.717) is 0 Å². The first-order valence-electron chi connectivity index (χ1n) is 8.54. The average Bonchev–Trinajstić information content (AvgIpc) is 3.13. The summed E-state index contributed by atoms with van der Waals surface area (Å²) in [6, 6.07) is 0. The quantitative estimate of drug-likeness (QED) is 0.417. The monoisotopic (exact) mass is 384 g/mol. The minimum absolute atomic E-state index is 0.545. The van der Waals surface area contributed by atoms with E-state index in [4.69, 9.17) is 18.9 Å². The fraction of sp³-hybridized carbons (Fsp3) is 0.765. The lowest BCUT2D eigenvalue weighted by Crippen LogP contribution is -2.68. The first kappa shape index (κ1) is 18.2. The van der Waals surface area contributed by atoms with Gasteiger partial charge in [0.25, 0.3) is 6.29 Å². The van der Waals surface area contributed by atoms with Crippen LogP contribution in [-0.2, 0) is 38.1 Å². The van der Waals surface area contributed by atoms with E-state index >= 15 is 0 Å². The number of aliphatic hydroxyl groups is 2. The van der Waals surface area contributed by atoms with Crippen LogP contribution < -0.4 is 0 Å². The van der Waals surface area contributed by atoms with Gasteiger partial charge in [-0.15, -0.1) is 0 Å². The average molecular weight is 384 g/mol. The van der Waals surface area contributed by atoms with Gasteiger partial charge in [0, 0.05) is 6.92 Å². The molecule has 4 rings (SSSR count). The third kappa shape index (κ3) is 1.61. The number of hydrogen-bond acceptors (Lipinski definition) is 10. The summed E-state index contributed by atoms with van der Waals surface area (Å²) in [6.45, 7) is 5.79. The molecule has 4 aliphatic rings. The highest BCUT2D eigenvalue weighted by molar-refractivity contribution is 5.95. The van der Waals surface area contributed by atoms with Gasteiger partial charge in [-0.25, -0.2) is 4.79 Å². The van der Waals surface area contributed by atoms with Gasteiger partial charge in [0.2, 0.25) is 6.10 Å². The Kier molecular flexibility index (Phi) is 3.23. The van der Waals surface area contributed by atoms with Crippen LogP contribution >= 0.6 is 0 Å². The van der Waals surface area contributed by atoms with Crippen molar-refractivity contribution >= 4 is 23.9 Å². The Morgan fingerprint density at radius 2 is 1.81 bits per heavy atom. The molecular weight excluding hydrogens is 364 g/mol. The third-order valence-electron chi connectivity index (χ3n) is 6.48. The van der Waals surface area contributed by atoms with E-state index < -0.39 is 76.7 Å². The van der Waals surface area contributed by atoms with E-state index in [2.05, 4.69) is 0 Å². The van der Waals surface area contributed by atoms with Crippen LogP contribution in [0.5, 0.6) is 0 Å². The maximum absolute atomic E-state index is 12.9. The number of rotatable bonds is 1. The van der Waals surface area contributed by atoms with Crippen molar-refractivity contribution in [2.75, 3.05) is 0 Å². The van der Waals surface area contributed by atoms with E-state index in [1.807, 2.05) is 0 Å². The van der Waals surface area contributed by atoms with E-state index in [9.17, 15) is 29.4 Å². The number of carbonyl (C=O) groups is 4. The van der Waals surface area contributed by atoms with Gasteiger partial charge in [-0.05, 0) is 5.41 Å². The number of carbonyl (C=O) groups excluding carboxylic acids is 4. The van der Waals surface area contributed by atoms with Gasteiger partial charge in [-0.1, -0.05) is 20.8 Å². The topological polar surface area (TPSA) is 146 Å². The number of aliphatic hydroxyl groups excluding tert-OH is 1. The van der Waals surface area contributed by atoms with Gasteiger partial charge in [0.05, 0.1) is 6.42 Å². The van der Waals surface area contributed by atoms with Crippen LogP contribution in [0.1, 0.15) is 34.1 Å². The van der Waals surface area contributed by atoms with Crippen LogP contribution in [0.3, 0.4) is 0 Å². The van der Waals surface area contributed by atoms with Crippen molar-refractivity contribution < 1.29 is 48.3 Å². The summed E-state index contributed by atoms with van der Waals surface area (Å²) in [5.41, 5.74) is -7.36. The van der Waals surface area contributed by atoms with Crippen LogP contribution in [0.4, 0.5) is 0 Å². The second-order valence-corrected chi connectivity index (χ2v) is 8.55.